The van der Waals surface area contributed by atoms with Gasteiger partial charge in [0.05, 0.1) is 6.10 Å². The molecule has 0 aromatic heterocycles. The average Bonchev–Trinajstić information content (AvgIpc) is 2.11. The van der Waals surface area contributed by atoms with Crippen LogP contribution in [-0.4, -0.2) is 48.3 Å². The molecule has 1 heterocycles. The smallest absolute Gasteiger partial charge is 0.0791 e. The van der Waals surface area contributed by atoms with Crippen LogP contribution in [0, 0.1) is 5.92 Å². The predicted octanol–water partition coefficient (Wildman–Crippen LogP) is 0.297. The van der Waals surface area contributed by atoms with Gasteiger partial charge in [-0.1, -0.05) is 13.8 Å². The van der Waals surface area contributed by atoms with E-state index in [9.17, 15) is 5.11 Å². The number of β-amino-alcohol motifs (C(OH)–C–C–N with tert-alkyl or cyclic N) is 1. The number of hydrogen-bond donors (Lipinski definition) is 2. The van der Waals surface area contributed by atoms with E-state index in [1.807, 2.05) is 0 Å². The van der Waals surface area contributed by atoms with Gasteiger partial charge in [0.15, 0.2) is 0 Å². The van der Waals surface area contributed by atoms with Crippen molar-refractivity contribution in [2.75, 3.05) is 26.2 Å². The molecule has 3 heteroatoms. The maximum atomic E-state index is 9.59. The van der Waals surface area contributed by atoms with Crippen molar-refractivity contribution in [3.8, 4) is 0 Å². The van der Waals surface area contributed by atoms with Crippen molar-refractivity contribution >= 4 is 0 Å². The van der Waals surface area contributed by atoms with Crippen LogP contribution in [0.5, 0.6) is 0 Å². The van der Waals surface area contributed by atoms with E-state index in [4.69, 9.17) is 0 Å². The Hall–Kier alpha value is -0.120. The Morgan fingerprint density at radius 2 is 2.15 bits per heavy atom. The lowest BCUT2D eigenvalue weighted by Crippen LogP contribution is -2.37. The summed E-state index contributed by atoms with van der Waals surface area (Å²) >= 11 is 0. The maximum Gasteiger partial charge on any atom is 0.0791 e. The summed E-state index contributed by atoms with van der Waals surface area (Å²) in [6, 6.07) is 0.496. The Labute approximate surface area is 81.1 Å². The molecule has 1 aliphatic rings. The van der Waals surface area contributed by atoms with Gasteiger partial charge in [-0.3, -0.25) is 4.90 Å². The highest BCUT2D eigenvalue weighted by Gasteiger charge is 2.19. The maximum absolute atomic E-state index is 9.59. The Morgan fingerprint density at radius 1 is 1.46 bits per heavy atom. The van der Waals surface area contributed by atoms with E-state index in [0.717, 1.165) is 26.2 Å². The van der Waals surface area contributed by atoms with Crippen LogP contribution in [0.1, 0.15) is 20.8 Å². The van der Waals surface area contributed by atoms with Gasteiger partial charge in [-0.05, 0) is 12.8 Å². The average molecular weight is 186 g/mol. The first-order valence-electron chi connectivity index (χ1n) is 5.21. The van der Waals surface area contributed by atoms with Crippen LogP contribution in [-0.2, 0) is 0 Å². The molecule has 2 N–H and O–H groups in total. The fourth-order valence-corrected chi connectivity index (χ4v) is 1.89. The highest BCUT2D eigenvalue weighted by Crippen LogP contribution is 2.04. The Kier molecular flexibility index (Phi) is 4.16. The zero-order valence-electron chi connectivity index (χ0n) is 8.95. The van der Waals surface area contributed by atoms with Crippen LogP contribution in [0.2, 0.25) is 0 Å². The Balaban J connectivity index is 2.41. The zero-order valence-corrected chi connectivity index (χ0v) is 8.95. The molecule has 1 aliphatic heterocycles. The molecular formula is C10H22N2O. The summed E-state index contributed by atoms with van der Waals surface area (Å²) < 4.78 is 0. The van der Waals surface area contributed by atoms with E-state index in [1.165, 1.54) is 0 Å². The largest absolute Gasteiger partial charge is 0.390 e. The quantitative estimate of drug-likeness (QED) is 0.651. The van der Waals surface area contributed by atoms with Gasteiger partial charge in [-0.25, -0.2) is 0 Å². The van der Waals surface area contributed by atoms with E-state index in [-0.39, 0.29) is 6.10 Å². The van der Waals surface area contributed by atoms with E-state index in [0.29, 0.717) is 12.0 Å². The van der Waals surface area contributed by atoms with Gasteiger partial charge in [0.2, 0.25) is 0 Å². The monoisotopic (exact) mass is 186 g/mol. The minimum Gasteiger partial charge on any atom is -0.390 e. The van der Waals surface area contributed by atoms with Crippen molar-refractivity contribution in [3.63, 3.8) is 0 Å². The molecule has 0 aromatic rings. The molecule has 1 saturated heterocycles. The second kappa shape index (κ2) is 4.94. The van der Waals surface area contributed by atoms with Crippen molar-refractivity contribution in [1.82, 2.24) is 10.2 Å². The molecule has 1 fully saturated rings. The second-order valence-electron chi connectivity index (χ2n) is 4.58. The molecule has 0 amide bonds. The van der Waals surface area contributed by atoms with Crippen LogP contribution in [0.25, 0.3) is 0 Å². The number of nitrogens with zero attached hydrogens (tertiary/aromatic N) is 1. The first-order valence-corrected chi connectivity index (χ1v) is 5.21. The van der Waals surface area contributed by atoms with Gasteiger partial charge in [0.1, 0.15) is 0 Å². The van der Waals surface area contributed by atoms with Crippen LogP contribution in [0.3, 0.4) is 0 Å². The first-order chi connectivity index (χ1) is 6.08. The Bertz CT molecular complexity index is 138. The van der Waals surface area contributed by atoms with Crippen LogP contribution >= 0.6 is 0 Å². The third-order valence-electron chi connectivity index (χ3n) is 2.33. The van der Waals surface area contributed by atoms with Gasteiger partial charge in [0.25, 0.3) is 0 Å². The van der Waals surface area contributed by atoms with Gasteiger partial charge in [-0.2, -0.15) is 0 Å². The molecule has 2 atom stereocenters. The summed E-state index contributed by atoms with van der Waals surface area (Å²) in [6.07, 6.45) is -0.205. The topological polar surface area (TPSA) is 35.5 Å². The number of aliphatic hydroxyl groups excluding tert-OH is 1. The van der Waals surface area contributed by atoms with Crippen molar-refractivity contribution in [2.24, 2.45) is 5.92 Å². The molecule has 0 bridgehead atoms. The molecule has 1 rings (SSSR count). The normalized spacial score (nSPS) is 32.1. The molecule has 0 spiro atoms. The minimum atomic E-state index is -0.205. The zero-order chi connectivity index (χ0) is 9.84. The number of aliphatic hydroxyl groups is 1. The summed E-state index contributed by atoms with van der Waals surface area (Å²) in [5.74, 6) is 0.678. The summed E-state index contributed by atoms with van der Waals surface area (Å²) in [6.45, 7) is 10.3. The van der Waals surface area contributed by atoms with Crippen LogP contribution in [0.4, 0.5) is 0 Å². The lowest BCUT2D eigenvalue weighted by atomic mass is 10.2. The van der Waals surface area contributed by atoms with Crippen LogP contribution in [0.15, 0.2) is 0 Å². The summed E-state index contributed by atoms with van der Waals surface area (Å²) in [5, 5.41) is 12.9. The molecule has 0 saturated carbocycles. The summed E-state index contributed by atoms with van der Waals surface area (Å²) in [5.41, 5.74) is 0. The van der Waals surface area contributed by atoms with Gasteiger partial charge >= 0.3 is 0 Å². The van der Waals surface area contributed by atoms with Crippen LogP contribution < -0.4 is 5.32 Å². The van der Waals surface area contributed by atoms with Gasteiger partial charge in [0, 0.05) is 32.2 Å². The number of hydrogen-bond acceptors (Lipinski definition) is 3. The summed E-state index contributed by atoms with van der Waals surface area (Å²) in [7, 11) is 0. The highest BCUT2D eigenvalue weighted by atomic mass is 16.3. The van der Waals surface area contributed by atoms with Crippen molar-refractivity contribution < 1.29 is 5.11 Å². The molecule has 3 nitrogen and oxygen atoms in total. The lowest BCUT2D eigenvalue weighted by Gasteiger charge is -2.24. The molecule has 0 aromatic carbocycles. The van der Waals surface area contributed by atoms with E-state index < -0.39 is 0 Å². The SMILES string of the molecule is CC(C)CN1CC(O)CNC(C)C1. The fraction of sp³-hybridized carbons (Fsp3) is 1.00. The van der Waals surface area contributed by atoms with Gasteiger partial charge in [-0.15, -0.1) is 0 Å². The van der Waals surface area contributed by atoms with Crippen molar-refractivity contribution in [2.45, 2.75) is 32.9 Å². The second-order valence-corrected chi connectivity index (χ2v) is 4.58. The molecule has 0 aliphatic carbocycles. The summed E-state index contributed by atoms with van der Waals surface area (Å²) in [4.78, 5) is 2.35. The molecular weight excluding hydrogens is 164 g/mol. The Morgan fingerprint density at radius 3 is 2.77 bits per heavy atom. The number of nitrogens with one attached hydrogen (secondary N) is 1. The minimum absolute atomic E-state index is 0.205. The molecule has 13 heavy (non-hydrogen) atoms. The van der Waals surface area contributed by atoms with Crippen molar-refractivity contribution in [3.05, 3.63) is 0 Å². The lowest BCUT2D eigenvalue weighted by molar-refractivity contribution is 0.123. The van der Waals surface area contributed by atoms with E-state index in [2.05, 4.69) is 31.0 Å². The number of rotatable bonds is 2. The molecule has 78 valence electrons. The molecule has 2 unspecified atom stereocenters. The third-order valence-corrected chi connectivity index (χ3v) is 2.33. The van der Waals surface area contributed by atoms with Gasteiger partial charge < -0.3 is 10.4 Å². The molecule has 0 radical (unpaired) electrons. The van der Waals surface area contributed by atoms with E-state index in [1.54, 1.807) is 0 Å². The third kappa shape index (κ3) is 4.07. The highest BCUT2D eigenvalue weighted by molar-refractivity contribution is 4.78. The van der Waals surface area contributed by atoms with E-state index >= 15 is 0 Å². The first kappa shape index (κ1) is 11.0. The fourth-order valence-electron chi connectivity index (χ4n) is 1.89. The predicted molar refractivity (Wildman–Crippen MR) is 54.7 cm³/mol. The standard InChI is InChI=1S/C10H22N2O/c1-8(2)5-12-6-9(3)11-4-10(13)7-12/h8-11,13H,4-7H2,1-3H3. The van der Waals surface area contributed by atoms with Crippen molar-refractivity contribution in [1.29, 1.82) is 0 Å².